The van der Waals surface area contributed by atoms with E-state index in [2.05, 4.69) is 11.2 Å². The summed E-state index contributed by atoms with van der Waals surface area (Å²) in [7, 11) is 0. The fourth-order valence-electron chi connectivity index (χ4n) is 2.51. The Hall–Kier alpha value is -1.25. The molecule has 0 spiro atoms. The van der Waals surface area contributed by atoms with Gasteiger partial charge in [-0.05, 0) is 25.7 Å². The van der Waals surface area contributed by atoms with Crippen molar-refractivity contribution in [3.05, 3.63) is 0 Å². The van der Waals surface area contributed by atoms with E-state index in [-0.39, 0.29) is 18.2 Å². The molecule has 0 aromatic carbocycles. The van der Waals surface area contributed by atoms with Crippen LogP contribution in [0, 0.1) is 12.3 Å². The predicted octanol–water partition coefficient (Wildman–Crippen LogP) is 0.989. The van der Waals surface area contributed by atoms with Crippen LogP contribution in [0.5, 0.6) is 0 Å². The van der Waals surface area contributed by atoms with Gasteiger partial charge in [0.15, 0.2) is 0 Å². The summed E-state index contributed by atoms with van der Waals surface area (Å²) < 4.78 is 11.0. The molecule has 1 atom stereocenters. The highest BCUT2D eigenvalue weighted by Crippen LogP contribution is 2.14. The quantitative estimate of drug-likeness (QED) is 0.772. The van der Waals surface area contributed by atoms with Gasteiger partial charge < -0.3 is 19.7 Å². The molecule has 0 saturated carbocycles. The molecular weight excluding hydrogens is 244 g/mol. The largest absolute Gasteiger partial charge is 0.376 e. The number of likely N-dealkylation sites (tertiary alicyclic amines) is 1. The van der Waals surface area contributed by atoms with Crippen LogP contribution in [0.4, 0.5) is 4.79 Å². The first-order chi connectivity index (χ1) is 9.29. The summed E-state index contributed by atoms with van der Waals surface area (Å²) >= 11 is 0. The number of urea groups is 1. The van der Waals surface area contributed by atoms with Crippen LogP contribution in [-0.4, -0.2) is 56.0 Å². The third kappa shape index (κ3) is 4.41. The van der Waals surface area contributed by atoms with Crippen LogP contribution < -0.4 is 5.32 Å². The van der Waals surface area contributed by atoms with Gasteiger partial charge in [-0.15, -0.1) is 6.42 Å². The number of piperidine rings is 1. The zero-order chi connectivity index (χ0) is 13.5. The first-order valence-electron chi connectivity index (χ1n) is 6.99. The summed E-state index contributed by atoms with van der Waals surface area (Å²) in [6, 6.07) is 0.00546. The second-order valence-electron chi connectivity index (χ2n) is 5.02. The van der Waals surface area contributed by atoms with Crippen molar-refractivity contribution in [3.63, 3.8) is 0 Å². The number of amides is 2. The zero-order valence-electron chi connectivity index (χ0n) is 11.3. The summed E-state index contributed by atoms with van der Waals surface area (Å²) in [5, 5.41) is 2.94. The van der Waals surface area contributed by atoms with Crippen LogP contribution in [0.25, 0.3) is 0 Å². The van der Waals surface area contributed by atoms with E-state index in [1.807, 2.05) is 4.90 Å². The molecule has 2 amide bonds. The van der Waals surface area contributed by atoms with E-state index < -0.39 is 0 Å². The third-order valence-electron chi connectivity index (χ3n) is 3.64. The van der Waals surface area contributed by atoms with E-state index in [1.54, 1.807) is 0 Å². The van der Waals surface area contributed by atoms with E-state index in [4.69, 9.17) is 15.9 Å². The fourth-order valence-corrected chi connectivity index (χ4v) is 2.51. The Kier molecular flexibility index (Phi) is 5.49. The standard InChI is InChI=1S/C14H22N2O3/c1-2-9-18-12-5-7-16(8-6-12)14(17)15-11-13-4-3-10-19-13/h1,12-13H,3-11H2,(H,15,17)/t13-/m0/s1. The highest BCUT2D eigenvalue weighted by molar-refractivity contribution is 5.74. The Bertz CT molecular complexity index is 326. The molecule has 0 aromatic heterocycles. The second kappa shape index (κ2) is 7.37. The summed E-state index contributed by atoms with van der Waals surface area (Å²) in [6.45, 7) is 3.25. The van der Waals surface area contributed by atoms with Crippen molar-refractivity contribution in [2.24, 2.45) is 0 Å². The molecule has 2 fully saturated rings. The molecule has 5 heteroatoms. The normalized spacial score (nSPS) is 24.2. The lowest BCUT2D eigenvalue weighted by molar-refractivity contribution is 0.0323. The SMILES string of the molecule is C#CCOC1CCN(C(=O)NC[C@@H]2CCCO2)CC1. The molecule has 1 N–H and O–H groups in total. The first kappa shape index (κ1) is 14.2. The molecule has 0 aliphatic carbocycles. The molecule has 0 bridgehead atoms. The molecule has 2 aliphatic heterocycles. The monoisotopic (exact) mass is 266 g/mol. The van der Waals surface area contributed by atoms with Crippen molar-refractivity contribution >= 4 is 6.03 Å². The van der Waals surface area contributed by atoms with Gasteiger partial charge in [0.05, 0.1) is 12.2 Å². The molecule has 0 radical (unpaired) electrons. The van der Waals surface area contributed by atoms with Crippen molar-refractivity contribution in [1.82, 2.24) is 10.2 Å². The van der Waals surface area contributed by atoms with Gasteiger partial charge >= 0.3 is 6.03 Å². The van der Waals surface area contributed by atoms with Gasteiger partial charge in [-0.25, -0.2) is 4.79 Å². The number of rotatable bonds is 4. The number of terminal acetylenes is 1. The van der Waals surface area contributed by atoms with Gasteiger partial charge in [0, 0.05) is 26.2 Å². The van der Waals surface area contributed by atoms with Crippen molar-refractivity contribution in [2.45, 2.75) is 37.9 Å². The van der Waals surface area contributed by atoms with Crippen LogP contribution in [-0.2, 0) is 9.47 Å². The Labute approximate surface area is 114 Å². The molecule has 2 heterocycles. The summed E-state index contributed by atoms with van der Waals surface area (Å²) in [5.74, 6) is 2.47. The average Bonchev–Trinajstić information content (AvgIpc) is 2.96. The van der Waals surface area contributed by atoms with Crippen LogP contribution in [0.3, 0.4) is 0 Å². The number of nitrogens with one attached hydrogen (secondary N) is 1. The maximum absolute atomic E-state index is 12.0. The molecule has 2 saturated heterocycles. The molecule has 19 heavy (non-hydrogen) atoms. The lowest BCUT2D eigenvalue weighted by atomic mass is 10.1. The van der Waals surface area contributed by atoms with Gasteiger partial charge in [0.25, 0.3) is 0 Å². The van der Waals surface area contributed by atoms with Crippen LogP contribution in [0.1, 0.15) is 25.7 Å². The maximum atomic E-state index is 12.0. The molecule has 0 unspecified atom stereocenters. The van der Waals surface area contributed by atoms with E-state index >= 15 is 0 Å². The van der Waals surface area contributed by atoms with E-state index in [9.17, 15) is 4.79 Å². The Morgan fingerprint density at radius 2 is 2.21 bits per heavy atom. The van der Waals surface area contributed by atoms with Crippen LogP contribution >= 0.6 is 0 Å². The van der Waals surface area contributed by atoms with Crippen LogP contribution in [0.2, 0.25) is 0 Å². The van der Waals surface area contributed by atoms with Crippen molar-refractivity contribution < 1.29 is 14.3 Å². The lowest BCUT2D eigenvalue weighted by Crippen LogP contribution is -2.47. The van der Waals surface area contributed by atoms with Crippen molar-refractivity contribution in [3.8, 4) is 12.3 Å². The predicted molar refractivity (Wildman–Crippen MR) is 71.8 cm³/mol. The highest BCUT2D eigenvalue weighted by Gasteiger charge is 2.24. The van der Waals surface area contributed by atoms with Gasteiger partial charge in [0.1, 0.15) is 6.61 Å². The number of carbonyl (C=O) groups is 1. The Balaban J connectivity index is 1.63. The number of hydrogen-bond donors (Lipinski definition) is 1. The Morgan fingerprint density at radius 3 is 2.84 bits per heavy atom. The highest BCUT2D eigenvalue weighted by atomic mass is 16.5. The van der Waals surface area contributed by atoms with Gasteiger partial charge in [-0.2, -0.15) is 0 Å². The van der Waals surface area contributed by atoms with Crippen molar-refractivity contribution in [1.29, 1.82) is 0 Å². The average molecular weight is 266 g/mol. The summed E-state index contributed by atoms with van der Waals surface area (Å²) in [4.78, 5) is 13.8. The molecule has 5 nitrogen and oxygen atoms in total. The van der Waals surface area contributed by atoms with E-state index in [0.29, 0.717) is 13.2 Å². The van der Waals surface area contributed by atoms with E-state index in [0.717, 1.165) is 45.4 Å². The fraction of sp³-hybridized carbons (Fsp3) is 0.786. The maximum Gasteiger partial charge on any atom is 0.317 e. The zero-order valence-corrected chi connectivity index (χ0v) is 11.3. The summed E-state index contributed by atoms with van der Waals surface area (Å²) in [6.07, 6.45) is 9.40. The number of hydrogen-bond acceptors (Lipinski definition) is 3. The van der Waals surface area contributed by atoms with E-state index in [1.165, 1.54) is 0 Å². The molecule has 2 aliphatic rings. The summed E-state index contributed by atoms with van der Waals surface area (Å²) in [5.41, 5.74) is 0. The Morgan fingerprint density at radius 1 is 1.42 bits per heavy atom. The van der Waals surface area contributed by atoms with Gasteiger partial charge in [-0.3, -0.25) is 0 Å². The van der Waals surface area contributed by atoms with Gasteiger partial charge in [-0.1, -0.05) is 5.92 Å². The lowest BCUT2D eigenvalue weighted by Gasteiger charge is -2.31. The second-order valence-corrected chi connectivity index (χ2v) is 5.02. The topological polar surface area (TPSA) is 50.8 Å². The smallest absolute Gasteiger partial charge is 0.317 e. The molecule has 2 rings (SSSR count). The number of ether oxygens (including phenoxy) is 2. The first-order valence-corrected chi connectivity index (χ1v) is 6.99. The van der Waals surface area contributed by atoms with Gasteiger partial charge in [0.2, 0.25) is 0 Å². The minimum Gasteiger partial charge on any atom is -0.376 e. The minimum absolute atomic E-state index is 0.00546. The molecule has 106 valence electrons. The van der Waals surface area contributed by atoms with Crippen LogP contribution in [0.15, 0.2) is 0 Å². The number of carbonyl (C=O) groups excluding carboxylic acids is 1. The van der Waals surface area contributed by atoms with Crippen molar-refractivity contribution in [2.75, 3.05) is 32.8 Å². The molecular formula is C14H22N2O3. The minimum atomic E-state index is 0.00546. The molecule has 0 aromatic rings. The number of nitrogens with zero attached hydrogens (tertiary/aromatic N) is 1. The third-order valence-corrected chi connectivity index (χ3v) is 3.64.